The molecule has 1 aromatic rings. The van der Waals surface area contributed by atoms with Gasteiger partial charge in [-0.1, -0.05) is 37.3 Å². The second-order valence-corrected chi connectivity index (χ2v) is 6.38. The number of carbonyl (C=O) groups excluding carboxylic acids is 1. The molecule has 1 aromatic carbocycles. The largest absolute Gasteiger partial charge is 0.443 e. The van der Waals surface area contributed by atoms with Crippen molar-refractivity contribution in [3.05, 3.63) is 35.9 Å². The van der Waals surface area contributed by atoms with E-state index in [1.54, 1.807) is 0 Å². The Bertz CT molecular complexity index is 537. The summed E-state index contributed by atoms with van der Waals surface area (Å²) in [6.45, 7) is 2.89. The van der Waals surface area contributed by atoms with Crippen LogP contribution >= 0.6 is 0 Å². The van der Waals surface area contributed by atoms with Gasteiger partial charge in [0, 0.05) is 0 Å². The number of alkyl carbamates (subject to hydrolysis) is 1. The first-order valence-corrected chi connectivity index (χ1v) is 8.59. The van der Waals surface area contributed by atoms with Gasteiger partial charge in [0.05, 0.1) is 31.3 Å². The van der Waals surface area contributed by atoms with E-state index in [4.69, 9.17) is 14.2 Å². The highest BCUT2D eigenvalue weighted by molar-refractivity contribution is 5.68. The van der Waals surface area contributed by atoms with E-state index in [-0.39, 0.29) is 24.4 Å². The van der Waals surface area contributed by atoms with Crippen molar-refractivity contribution in [2.75, 3.05) is 13.2 Å². The van der Waals surface area contributed by atoms with E-state index in [1.165, 1.54) is 0 Å². The predicted molar refractivity (Wildman–Crippen MR) is 87.4 cm³/mol. The van der Waals surface area contributed by atoms with E-state index >= 15 is 0 Å². The average molecular weight is 335 g/mol. The monoisotopic (exact) mass is 335 g/mol. The fourth-order valence-corrected chi connectivity index (χ4v) is 3.31. The van der Waals surface area contributed by atoms with Gasteiger partial charge in [-0.2, -0.15) is 0 Å². The minimum atomic E-state index is -0.625. The summed E-state index contributed by atoms with van der Waals surface area (Å²) in [5, 5.41) is 13.0. The molecular formula is C18H25NO5. The molecule has 2 aliphatic rings. The molecule has 3 rings (SSSR count). The zero-order chi connectivity index (χ0) is 16.9. The van der Waals surface area contributed by atoms with Crippen molar-refractivity contribution >= 4 is 6.09 Å². The Morgan fingerprint density at radius 2 is 2.17 bits per heavy atom. The van der Waals surface area contributed by atoms with E-state index in [0.717, 1.165) is 12.0 Å². The summed E-state index contributed by atoms with van der Waals surface area (Å²) in [6, 6.07) is 9.40. The summed E-state index contributed by atoms with van der Waals surface area (Å²) >= 11 is 0. The molecule has 1 amide bonds. The number of nitrogens with one attached hydrogen (secondary N) is 1. The SMILES string of the molecule is CCC(O)C(Cc1ccccc1)NC(=O)OC1COC2OCCC12. The maximum absolute atomic E-state index is 12.3. The van der Waals surface area contributed by atoms with Crippen LogP contribution in [0.25, 0.3) is 0 Å². The predicted octanol–water partition coefficient (Wildman–Crippen LogP) is 1.86. The fraction of sp³-hybridized carbons (Fsp3) is 0.611. The Kier molecular flexibility index (Phi) is 5.71. The number of hydrogen-bond acceptors (Lipinski definition) is 5. The molecule has 2 saturated heterocycles. The lowest BCUT2D eigenvalue weighted by atomic mass is 10.00. The molecular weight excluding hydrogens is 310 g/mol. The Morgan fingerprint density at radius 3 is 2.92 bits per heavy atom. The Hall–Kier alpha value is -1.63. The van der Waals surface area contributed by atoms with Crippen LogP contribution in [0.4, 0.5) is 4.79 Å². The van der Waals surface area contributed by atoms with Crippen LogP contribution in [0.2, 0.25) is 0 Å². The molecule has 132 valence electrons. The van der Waals surface area contributed by atoms with Crippen molar-refractivity contribution in [3.63, 3.8) is 0 Å². The maximum atomic E-state index is 12.3. The van der Waals surface area contributed by atoms with Gasteiger partial charge in [0.15, 0.2) is 6.29 Å². The third kappa shape index (κ3) is 4.06. The second kappa shape index (κ2) is 7.96. The quantitative estimate of drug-likeness (QED) is 0.830. The first kappa shape index (κ1) is 17.2. The van der Waals surface area contributed by atoms with E-state index in [0.29, 0.717) is 26.1 Å². The van der Waals surface area contributed by atoms with Crippen LogP contribution in [0.15, 0.2) is 30.3 Å². The average Bonchev–Trinajstić information content (AvgIpc) is 3.19. The molecule has 0 radical (unpaired) electrons. The molecule has 0 spiro atoms. The van der Waals surface area contributed by atoms with Crippen LogP contribution in [0.3, 0.4) is 0 Å². The summed E-state index contributed by atoms with van der Waals surface area (Å²) in [5.41, 5.74) is 1.06. The van der Waals surface area contributed by atoms with Crippen LogP contribution in [-0.2, 0) is 20.6 Å². The molecule has 2 aliphatic heterocycles. The second-order valence-electron chi connectivity index (χ2n) is 6.38. The number of rotatable bonds is 6. The zero-order valence-electron chi connectivity index (χ0n) is 13.9. The van der Waals surface area contributed by atoms with Crippen LogP contribution < -0.4 is 5.32 Å². The molecule has 6 heteroatoms. The first-order valence-electron chi connectivity index (χ1n) is 8.59. The van der Waals surface area contributed by atoms with E-state index in [9.17, 15) is 9.90 Å². The molecule has 2 heterocycles. The normalized spacial score (nSPS) is 28.2. The Morgan fingerprint density at radius 1 is 1.38 bits per heavy atom. The topological polar surface area (TPSA) is 77.0 Å². The summed E-state index contributed by atoms with van der Waals surface area (Å²) in [7, 11) is 0. The number of aliphatic hydroxyl groups excluding tert-OH is 1. The highest BCUT2D eigenvalue weighted by atomic mass is 16.7. The molecule has 0 saturated carbocycles. The summed E-state index contributed by atoms with van der Waals surface area (Å²) in [6.07, 6.45) is 0.292. The first-order chi connectivity index (χ1) is 11.7. The molecule has 5 atom stereocenters. The molecule has 24 heavy (non-hydrogen) atoms. The van der Waals surface area contributed by atoms with Crippen molar-refractivity contribution in [1.82, 2.24) is 5.32 Å². The third-order valence-electron chi connectivity index (χ3n) is 4.73. The van der Waals surface area contributed by atoms with Gasteiger partial charge in [-0.25, -0.2) is 4.79 Å². The lowest BCUT2D eigenvalue weighted by Gasteiger charge is -2.24. The highest BCUT2D eigenvalue weighted by Gasteiger charge is 2.44. The lowest BCUT2D eigenvalue weighted by molar-refractivity contribution is -0.0907. The lowest BCUT2D eigenvalue weighted by Crippen LogP contribution is -2.46. The molecule has 0 bridgehead atoms. The van der Waals surface area contributed by atoms with Crippen molar-refractivity contribution in [2.45, 2.75) is 50.7 Å². The Balaban J connectivity index is 1.56. The molecule has 5 unspecified atom stereocenters. The van der Waals surface area contributed by atoms with Gasteiger partial charge in [0.1, 0.15) is 6.10 Å². The smallest absolute Gasteiger partial charge is 0.407 e. The number of benzene rings is 1. The number of hydrogen-bond donors (Lipinski definition) is 2. The van der Waals surface area contributed by atoms with Gasteiger partial charge in [-0.15, -0.1) is 0 Å². The number of aliphatic hydroxyl groups is 1. The van der Waals surface area contributed by atoms with Crippen LogP contribution in [0, 0.1) is 5.92 Å². The highest BCUT2D eigenvalue weighted by Crippen LogP contribution is 2.32. The van der Waals surface area contributed by atoms with Crippen LogP contribution in [0.5, 0.6) is 0 Å². The van der Waals surface area contributed by atoms with Gasteiger partial charge >= 0.3 is 6.09 Å². The number of amides is 1. The maximum Gasteiger partial charge on any atom is 0.407 e. The van der Waals surface area contributed by atoms with Crippen molar-refractivity contribution < 1.29 is 24.1 Å². The van der Waals surface area contributed by atoms with Gasteiger partial charge in [-0.05, 0) is 24.8 Å². The molecule has 0 aliphatic carbocycles. The van der Waals surface area contributed by atoms with Crippen LogP contribution in [-0.4, -0.2) is 49.0 Å². The zero-order valence-corrected chi connectivity index (χ0v) is 13.9. The van der Waals surface area contributed by atoms with Gasteiger partial charge in [-0.3, -0.25) is 0 Å². The van der Waals surface area contributed by atoms with E-state index in [2.05, 4.69) is 5.32 Å². The fourth-order valence-electron chi connectivity index (χ4n) is 3.31. The summed E-state index contributed by atoms with van der Waals surface area (Å²) in [4.78, 5) is 12.3. The van der Waals surface area contributed by atoms with Crippen molar-refractivity contribution in [3.8, 4) is 0 Å². The van der Waals surface area contributed by atoms with Gasteiger partial charge < -0.3 is 24.6 Å². The molecule has 2 N–H and O–H groups in total. The number of carbonyl (C=O) groups is 1. The molecule has 2 fully saturated rings. The standard InChI is InChI=1S/C18H25NO5/c1-2-15(20)14(10-12-6-4-3-5-7-12)19-18(21)24-16-11-23-17-13(16)8-9-22-17/h3-7,13-17,20H,2,8-11H2,1H3,(H,19,21). The van der Waals surface area contributed by atoms with Crippen LogP contribution in [0.1, 0.15) is 25.3 Å². The number of ether oxygens (including phenoxy) is 3. The minimum Gasteiger partial charge on any atom is -0.443 e. The van der Waals surface area contributed by atoms with Crippen molar-refractivity contribution in [2.24, 2.45) is 5.92 Å². The van der Waals surface area contributed by atoms with Gasteiger partial charge in [0.25, 0.3) is 0 Å². The number of fused-ring (bicyclic) bond motifs is 1. The minimum absolute atomic E-state index is 0.111. The summed E-state index contributed by atoms with van der Waals surface area (Å²) in [5.74, 6) is 0.111. The summed E-state index contributed by atoms with van der Waals surface area (Å²) < 4.78 is 16.4. The van der Waals surface area contributed by atoms with Crippen molar-refractivity contribution in [1.29, 1.82) is 0 Å². The molecule has 6 nitrogen and oxygen atoms in total. The Labute approximate surface area is 142 Å². The van der Waals surface area contributed by atoms with E-state index < -0.39 is 12.2 Å². The van der Waals surface area contributed by atoms with Gasteiger partial charge in [0.2, 0.25) is 0 Å². The molecule has 0 aromatic heterocycles. The third-order valence-corrected chi connectivity index (χ3v) is 4.73. The van der Waals surface area contributed by atoms with E-state index in [1.807, 2.05) is 37.3 Å².